The average Bonchev–Trinajstić information content (AvgIpc) is 3.73. The number of carbonyl (C=O) groups is 1. The number of rotatable bonds is 6. The van der Waals surface area contributed by atoms with Gasteiger partial charge in [-0.05, 0) is 67.1 Å². The molecule has 0 spiro atoms. The van der Waals surface area contributed by atoms with E-state index in [1.165, 1.54) is 18.9 Å². The summed E-state index contributed by atoms with van der Waals surface area (Å²) in [4.78, 5) is 26.4. The average molecular weight is 474 g/mol. The maximum Gasteiger partial charge on any atom is 0.256 e. The van der Waals surface area contributed by atoms with Crippen molar-refractivity contribution in [3.63, 3.8) is 0 Å². The summed E-state index contributed by atoms with van der Waals surface area (Å²) in [7, 11) is 0. The van der Waals surface area contributed by atoms with Gasteiger partial charge in [-0.1, -0.05) is 19.9 Å². The number of benzene rings is 1. The Labute approximate surface area is 206 Å². The Balaban J connectivity index is 1.47. The first-order chi connectivity index (χ1) is 17.0. The molecule has 6 nitrogen and oxygen atoms in total. The molecular weight excluding hydrogens is 441 g/mol. The molecule has 35 heavy (non-hydrogen) atoms. The second kappa shape index (κ2) is 9.74. The third kappa shape index (κ3) is 4.65. The molecule has 2 aromatic heterocycles. The molecule has 2 N–H and O–H groups in total. The Morgan fingerprint density at radius 2 is 1.74 bits per heavy atom. The lowest BCUT2D eigenvalue weighted by Gasteiger charge is -2.34. The smallest absolute Gasteiger partial charge is 0.256 e. The SMILES string of the molecule is CCc1nc(N)ccc1-c1c(-c2ccc(C(=O)N3CCN(C4CC4)CC3)c(F)c2)ccnc1CC. The van der Waals surface area contributed by atoms with Crippen LogP contribution in [0.4, 0.5) is 10.2 Å². The topological polar surface area (TPSA) is 75.3 Å². The number of halogens is 1. The molecule has 3 heterocycles. The van der Waals surface area contributed by atoms with Gasteiger partial charge in [0.05, 0.1) is 11.3 Å². The molecule has 2 fully saturated rings. The number of hydrogen-bond acceptors (Lipinski definition) is 5. The van der Waals surface area contributed by atoms with E-state index in [0.29, 0.717) is 36.9 Å². The number of aryl methyl sites for hydroxylation is 2. The first-order valence-corrected chi connectivity index (χ1v) is 12.6. The minimum absolute atomic E-state index is 0.128. The number of nitrogen functional groups attached to an aromatic ring is 1. The Morgan fingerprint density at radius 3 is 2.40 bits per heavy atom. The van der Waals surface area contributed by atoms with Gasteiger partial charge in [0.15, 0.2) is 0 Å². The van der Waals surface area contributed by atoms with E-state index < -0.39 is 5.82 Å². The van der Waals surface area contributed by atoms with Gasteiger partial charge in [-0.3, -0.25) is 14.7 Å². The zero-order valence-corrected chi connectivity index (χ0v) is 20.4. The highest BCUT2D eigenvalue weighted by Crippen LogP contribution is 2.37. The lowest BCUT2D eigenvalue weighted by Crippen LogP contribution is -2.49. The normalized spacial score (nSPS) is 16.5. The number of amides is 1. The van der Waals surface area contributed by atoms with Crippen LogP contribution in [-0.4, -0.2) is 57.9 Å². The van der Waals surface area contributed by atoms with Gasteiger partial charge in [0.25, 0.3) is 5.91 Å². The Bertz CT molecular complexity index is 1250. The molecule has 0 unspecified atom stereocenters. The van der Waals surface area contributed by atoms with Gasteiger partial charge in [0.2, 0.25) is 0 Å². The van der Waals surface area contributed by atoms with Gasteiger partial charge >= 0.3 is 0 Å². The number of nitrogens with two attached hydrogens (primary N) is 1. The highest BCUT2D eigenvalue weighted by atomic mass is 19.1. The summed E-state index contributed by atoms with van der Waals surface area (Å²) in [5.41, 5.74) is 11.3. The third-order valence-corrected chi connectivity index (χ3v) is 7.14. The van der Waals surface area contributed by atoms with Crippen LogP contribution in [0.3, 0.4) is 0 Å². The van der Waals surface area contributed by atoms with E-state index in [1.807, 2.05) is 25.1 Å². The number of hydrogen-bond donors (Lipinski definition) is 1. The highest BCUT2D eigenvalue weighted by Gasteiger charge is 2.33. The zero-order valence-electron chi connectivity index (χ0n) is 20.4. The van der Waals surface area contributed by atoms with E-state index in [1.54, 1.807) is 23.2 Å². The maximum atomic E-state index is 15.4. The van der Waals surface area contributed by atoms with Crippen LogP contribution >= 0.6 is 0 Å². The molecule has 2 aliphatic rings. The number of pyridine rings is 2. The zero-order chi connectivity index (χ0) is 24.5. The summed E-state index contributed by atoms with van der Waals surface area (Å²) in [5.74, 6) is -0.255. The van der Waals surface area contributed by atoms with Crippen LogP contribution in [0.15, 0.2) is 42.6 Å². The van der Waals surface area contributed by atoms with Gasteiger partial charge in [0, 0.05) is 55.2 Å². The van der Waals surface area contributed by atoms with Gasteiger partial charge in [0.1, 0.15) is 11.6 Å². The van der Waals surface area contributed by atoms with Crippen molar-refractivity contribution in [2.75, 3.05) is 31.9 Å². The van der Waals surface area contributed by atoms with Crippen LogP contribution in [-0.2, 0) is 12.8 Å². The van der Waals surface area contributed by atoms with Crippen molar-refractivity contribution in [3.8, 4) is 22.3 Å². The van der Waals surface area contributed by atoms with Crippen molar-refractivity contribution in [2.24, 2.45) is 0 Å². The first-order valence-electron chi connectivity index (χ1n) is 12.6. The Kier molecular flexibility index (Phi) is 6.52. The van der Waals surface area contributed by atoms with Crippen molar-refractivity contribution in [2.45, 2.75) is 45.6 Å². The monoisotopic (exact) mass is 473 g/mol. The number of carbonyl (C=O) groups excluding carboxylic acids is 1. The van der Waals surface area contributed by atoms with Crippen LogP contribution in [0.1, 0.15) is 48.4 Å². The Morgan fingerprint density at radius 1 is 1.00 bits per heavy atom. The molecule has 1 aliphatic heterocycles. The van der Waals surface area contributed by atoms with Crippen molar-refractivity contribution in [3.05, 3.63) is 65.4 Å². The van der Waals surface area contributed by atoms with E-state index in [0.717, 1.165) is 47.6 Å². The van der Waals surface area contributed by atoms with Gasteiger partial charge in [-0.2, -0.15) is 0 Å². The third-order valence-electron chi connectivity index (χ3n) is 7.14. The van der Waals surface area contributed by atoms with Crippen LogP contribution in [0.25, 0.3) is 22.3 Å². The predicted octanol–water partition coefficient (Wildman–Crippen LogP) is 4.58. The molecule has 0 atom stereocenters. The van der Waals surface area contributed by atoms with E-state index in [2.05, 4.69) is 21.8 Å². The summed E-state index contributed by atoms with van der Waals surface area (Å²) < 4.78 is 15.4. The maximum absolute atomic E-state index is 15.4. The van der Waals surface area contributed by atoms with Crippen molar-refractivity contribution in [1.29, 1.82) is 0 Å². The fraction of sp³-hybridized carbons (Fsp3) is 0.393. The van der Waals surface area contributed by atoms with Crippen molar-refractivity contribution < 1.29 is 9.18 Å². The van der Waals surface area contributed by atoms with Crippen LogP contribution in [0, 0.1) is 5.82 Å². The van der Waals surface area contributed by atoms with Crippen LogP contribution < -0.4 is 5.73 Å². The summed E-state index contributed by atoms with van der Waals surface area (Å²) in [5, 5.41) is 0. The minimum atomic E-state index is -0.496. The summed E-state index contributed by atoms with van der Waals surface area (Å²) >= 11 is 0. The standard InChI is InChI=1S/C28H32FN5O/c1-3-24-22(9-10-26(30)32-24)27-20(11-12-31-25(27)4-2)18-5-8-21(23(29)17-18)28(35)34-15-13-33(14-16-34)19-6-7-19/h5,8-12,17,19H,3-4,6-7,13-16H2,1-2H3,(H2,30,32). The molecule has 1 aromatic carbocycles. The van der Waals surface area contributed by atoms with Crippen LogP contribution in [0.2, 0.25) is 0 Å². The summed E-state index contributed by atoms with van der Waals surface area (Å²) in [6, 6.07) is 11.3. The second-order valence-corrected chi connectivity index (χ2v) is 9.37. The molecule has 1 amide bonds. The Hall–Kier alpha value is -3.32. The fourth-order valence-corrected chi connectivity index (χ4v) is 5.09. The molecule has 3 aromatic rings. The summed E-state index contributed by atoms with van der Waals surface area (Å²) in [6.07, 6.45) is 5.71. The number of piperazine rings is 1. The van der Waals surface area contributed by atoms with E-state index >= 15 is 4.39 Å². The molecule has 0 bridgehead atoms. The fourth-order valence-electron chi connectivity index (χ4n) is 5.09. The van der Waals surface area contributed by atoms with E-state index in [9.17, 15) is 4.79 Å². The quantitative estimate of drug-likeness (QED) is 0.567. The predicted molar refractivity (Wildman–Crippen MR) is 137 cm³/mol. The number of anilines is 1. The molecule has 1 saturated carbocycles. The highest BCUT2D eigenvalue weighted by molar-refractivity contribution is 5.95. The van der Waals surface area contributed by atoms with Gasteiger partial charge < -0.3 is 10.6 Å². The van der Waals surface area contributed by atoms with Gasteiger partial charge in [-0.15, -0.1) is 0 Å². The molecule has 0 radical (unpaired) electrons. The molecule has 1 aliphatic carbocycles. The largest absolute Gasteiger partial charge is 0.384 e. The van der Waals surface area contributed by atoms with Crippen molar-refractivity contribution >= 4 is 11.7 Å². The van der Waals surface area contributed by atoms with Crippen LogP contribution in [0.5, 0.6) is 0 Å². The molecular formula is C28H32FN5O. The van der Waals surface area contributed by atoms with Crippen molar-refractivity contribution in [1.82, 2.24) is 19.8 Å². The minimum Gasteiger partial charge on any atom is -0.384 e. The lowest BCUT2D eigenvalue weighted by atomic mass is 9.91. The molecule has 5 rings (SSSR count). The molecule has 7 heteroatoms. The molecule has 1 saturated heterocycles. The lowest BCUT2D eigenvalue weighted by molar-refractivity contribution is 0.0623. The van der Waals surface area contributed by atoms with E-state index in [-0.39, 0.29) is 11.5 Å². The van der Waals surface area contributed by atoms with Gasteiger partial charge in [-0.25, -0.2) is 9.37 Å². The van der Waals surface area contributed by atoms with E-state index in [4.69, 9.17) is 5.73 Å². The molecule has 182 valence electrons. The second-order valence-electron chi connectivity index (χ2n) is 9.37. The number of aromatic nitrogens is 2. The number of nitrogens with zero attached hydrogens (tertiary/aromatic N) is 4. The first kappa shape index (κ1) is 23.4. The summed E-state index contributed by atoms with van der Waals surface area (Å²) in [6.45, 7) is 7.12.